The molecule has 35 heavy (non-hydrogen) atoms. The van der Waals surface area contributed by atoms with Gasteiger partial charge in [0.05, 0.1) is 12.0 Å². The molecule has 2 aromatic rings. The first-order valence-corrected chi connectivity index (χ1v) is 13.2. The van der Waals surface area contributed by atoms with Gasteiger partial charge in [-0.15, -0.1) is 0 Å². The molecule has 2 amide bonds. The third-order valence-corrected chi connectivity index (χ3v) is 8.72. The SMILES string of the molecule is C=CC(=O)NC1CC2CN(S(=O)(=O)c3ccc(C(=O)NCCc4ccccc4OC)cc3)CC2C1. The summed E-state index contributed by atoms with van der Waals surface area (Å²) in [5.74, 6) is 0.788. The van der Waals surface area contributed by atoms with E-state index in [0.29, 0.717) is 31.6 Å². The molecular formula is C26H31N3O5S. The molecule has 4 rings (SSSR count). The van der Waals surface area contributed by atoms with Gasteiger partial charge in [-0.1, -0.05) is 24.8 Å². The van der Waals surface area contributed by atoms with Crippen molar-refractivity contribution >= 4 is 21.8 Å². The third kappa shape index (κ3) is 5.57. The van der Waals surface area contributed by atoms with Gasteiger partial charge in [-0.3, -0.25) is 9.59 Å². The summed E-state index contributed by atoms with van der Waals surface area (Å²) in [4.78, 5) is 24.3. The van der Waals surface area contributed by atoms with E-state index < -0.39 is 10.0 Å². The maximum Gasteiger partial charge on any atom is 0.251 e. The van der Waals surface area contributed by atoms with E-state index in [9.17, 15) is 18.0 Å². The first-order chi connectivity index (χ1) is 16.8. The summed E-state index contributed by atoms with van der Waals surface area (Å²) < 4.78 is 33.2. The Morgan fingerprint density at radius 1 is 1.09 bits per heavy atom. The number of rotatable bonds is 9. The Morgan fingerprint density at radius 2 is 1.74 bits per heavy atom. The van der Waals surface area contributed by atoms with Crippen molar-refractivity contribution in [3.8, 4) is 5.75 Å². The topological polar surface area (TPSA) is 105 Å². The van der Waals surface area contributed by atoms with E-state index in [0.717, 1.165) is 24.2 Å². The molecule has 0 bridgehead atoms. The number of fused-ring (bicyclic) bond motifs is 1. The number of sulfonamides is 1. The molecule has 1 aliphatic carbocycles. The molecule has 2 aromatic carbocycles. The normalized spacial score (nSPS) is 21.8. The number of carbonyl (C=O) groups excluding carboxylic acids is 2. The van der Waals surface area contributed by atoms with E-state index in [1.54, 1.807) is 19.2 Å². The van der Waals surface area contributed by atoms with Crippen LogP contribution < -0.4 is 15.4 Å². The first kappa shape index (κ1) is 24.9. The summed E-state index contributed by atoms with van der Waals surface area (Å²) in [6.07, 6.45) is 3.42. The summed E-state index contributed by atoms with van der Waals surface area (Å²) >= 11 is 0. The van der Waals surface area contributed by atoms with Crippen LogP contribution in [0.4, 0.5) is 0 Å². The van der Waals surface area contributed by atoms with Gasteiger partial charge in [0.25, 0.3) is 5.91 Å². The zero-order valence-corrected chi connectivity index (χ0v) is 20.6. The largest absolute Gasteiger partial charge is 0.496 e. The predicted molar refractivity (Wildman–Crippen MR) is 133 cm³/mol. The molecule has 1 saturated heterocycles. The van der Waals surface area contributed by atoms with Crippen LogP contribution in [0.25, 0.3) is 0 Å². The molecule has 186 valence electrons. The van der Waals surface area contributed by atoms with E-state index >= 15 is 0 Å². The summed E-state index contributed by atoms with van der Waals surface area (Å²) in [5, 5.41) is 5.79. The molecule has 0 aromatic heterocycles. The number of hydrogen-bond donors (Lipinski definition) is 2. The minimum Gasteiger partial charge on any atom is -0.496 e. The Balaban J connectivity index is 1.31. The van der Waals surface area contributed by atoms with E-state index in [4.69, 9.17) is 4.74 Å². The van der Waals surface area contributed by atoms with Gasteiger partial charge in [-0.2, -0.15) is 4.31 Å². The highest BCUT2D eigenvalue weighted by atomic mass is 32.2. The Hall–Kier alpha value is -3.17. The Kier molecular flexibility index (Phi) is 7.57. The summed E-state index contributed by atoms with van der Waals surface area (Å²) in [7, 11) is -2.03. The Labute approximate surface area is 206 Å². The molecule has 0 radical (unpaired) electrons. The third-order valence-electron chi connectivity index (χ3n) is 6.88. The minimum absolute atomic E-state index is 0.0705. The summed E-state index contributed by atoms with van der Waals surface area (Å²) in [6.45, 7) is 4.79. The van der Waals surface area contributed by atoms with Crippen LogP contribution in [-0.2, 0) is 21.2 Å². The van der Waals surface area contributed by atoms with Gasteiger partial charge >= 0.3 is 0 Å². The predicted octanol–water partition coefficient (Wildman–Crippen LogP) is 2.37. The number of benzene rings is 2. The fraction of sp³-hybridized carbons (Fsp3) is 0.385. The molecule has 2 N–H and O–H groups in total. The van der Waals surface area contributed by atoms with Crippen LogP contribution in [0.5, 0.6) is 5.75 Å². The van der Waals surface area contributed by atoms with Crippen molar-refractivity contribution in [2.45, 2.75) is 30.2 Å². The average Bonchev–Trinajstić information content (AvgIpc) is 3.43. The van der Waals surface area contributed by atoms with Gasteiger partial charge in [0.1, 0.15) is 5.75 Å². The van der Waals surface area contributed by atoms with Crippen LogP contribution >= 0.6 is 0 Å². The molecule has 2 aliphatic rings. The van der Waals surface area contributed by atoms with Crippen LogP contribution in [0.1, 0.15) is 28.8 Å². The molecule has 0 spiro atoms. The monoisotopic (exact) mass is 497 g/mol. The average molecular weight is 498 g/mol. The molecule has 1 aliphatic heterocycles. The standard InChI is InChI=1S/C26H31N3O5S/c1-3-25(30)28-22-14-20-16-29(17-21(20)15-22)35(32,33)23-10-8-19(9-11-23)26(31)27-13-12-18-6-4-5-7-24(18)34-2/h3-11,20-22H,1,12-17H2,2H3,(H,27,31)(H,28,30). The van der Waals surface area contributed by atoms with Crippen molar-refractivity contribution in [2.75, 3.05) is 26.7 Å². The molecule has 2 fully saturated rings. The lowest BCUT2D eigenvalue weighted by atomic mass is 10.0. The van der Waals surface area contributed by atoms with Gasteiger partial charge in [-0.05, 0) is 73.1 Å². The minimum atomic E-state index is -3.64. The van der Waals surface area contributed by atoms with Crippen molar-refractivity contribution in [3.05, 3.63) is 72.3 Å². The fourth-order valence-electron chi connectivity index (χ4n) is 5.08. The molecule has 8 nitrogen and oxygen atoms in total. The lowest BCUT2D eigenvalue weighted by Gasteiger charge is -2.19. The van der Waals surface area contributed by atoms with Crippen LogP contribution in [-0.4, -0.2) is 57.3 Å². The van der Waals surface area contributed by atoms with Crippen molar-refractivity contribution in [1.82, 2.24) is 14.9 Å². The number of nitrogens with one attached hydrogen (secondary N) is 2. The van der Waals surface area contributed by atoms with E-state index in [1.807, 2.05) is 24.3 Å². The maximum atomic E-state index is 13.2. The van der Waals surface area contributed by atoms with Crippen molar-refractivity contribution < 1.29 is 22.7 Å². The van der Waals surface area contributed by atoms with Gasteiger partial charge in [-0.25, -0.2) is 8.42 Å². The fourth-order valence-corrected chi connectivity index (χ4v) is 6.63. The highest BCUT2D eigenvalue weighted by Crippen LogP contribution is 2.40. The number of carbonyl (C=O) groups is 2. The quantitative estimate of drug-likeness (QED) is 0.518. The van der Waals surface area contributed by atoms with Crippen LogP contribution in [0, 0.1) is 11.8 Å². The molecule has 2 atom stereocenters. The molecule has 9 heteroatoms. The smallest absolute Gasteiger partial charge is 0.251 e. The Morgan fingerprint density at radius 3 is 2.37 bits per heavy atom. The zero-order chi connectivity index (χ0) is 25.0. The lowest BCUT2D eigenvalue weighted by Crippen LogP contribution is -2.35. The van der Waals surface area contributed by atoms with Crippen molar-refractivity contribution in [1.29, 1.82) is 0 Å². The first-order valence-electron chi connectivity index (χ1n) is 11.7. The van der Waals surface area contributed by atoms with Gasteiger partial charge in [0, 0.05) is 31.2 Å². The molecule has 1 saturated carbocycles. The molecular weight excluding hydrogens is 466 g/mol. The number of para-hydroxylation sites is 1. The maximum absolute atomic E-state index is 13.2. The van der Waals surface area contributed by atoms with E-state index in [-0.39, 0.29) is 34.6 Å². The number of nitrogens with zero attached hydrogens (tertiary/aromatic N) is 1. The second-order valence-electron chi connectivity index (χ2n) is 9.07. The van der Waals surface area contributed by atoms with E-state index in [2.05, 4.69) is 17.2 Å². The second-order valence-corrected chi connectivity index (χ2v) is 11.0. The summed E-state index contributed by atoms with van der Waals surface area (Å²) in [6, 6.07) is 13.8. The highest BCUT2D eigenvalue weighted by molar-refractivity contribution is 7.89. The molecule has 1 heterocycles. The van der Waals surface area contributed by atoms with Crippen molar-refractivity contribution in [3.63, 3.8) is 0 Å². The second kappa shape index (κ2) is 10.6. The zero-order valence-electron chi connectivity index (χ0n) is 19.8. The number of methoxy groups -OCH3 is 1. The van der Waals surface area contributed by atoms with Crippen LogP contribution in [0.15, 0.2) is 66.1 Å². The van der Waals surface area contributed by atoms with Gasteiger partial charge < -0.3 is 15.4 Å². The van der Waals surface area contributed by atoms with Gasteiger partial charge in [0.15, 0.2) is 0 Å². The Bertz CT molecular complexity index is 1180. The lowest BCUT2D eigenvalue weighted by molar-refractivity contribution is -0.117. The highest BCUT2D eigenvalue weighted by Gasteiger charge is 2.45. The van der Waals surface area contributed by atoms with Gasteiger partial charge in [0.2, 0.25) is 15.9 Å². The van der Waals surface area contributed by atoms with Crippen LogP contribution in [0.2, 0.25) is 0 Å². The number of amides is 2. The van der Waals surface area contributed by atoms with Crippen LogP contribution in [0.3, 0.4) is 0 Å². The van der Waals surface area contributed by atoms with Crippen molar-refractivity contribution in [2.24, 2.45) is 11.8 Å². The van der Waals surface area contributed by atoms with E-state index in [1.165, 1.54) is 22.5 Å². The molecule has 2 unspecified atom stereocenters. The number of ether oxygens (including phenoxy) is 1. The summed E-state index contributed by atoms with van der Waals surface area (Å²) in [5.41, 5.74) is 1.41. The number of hydrogen-bond acceptors (Lipinski definition) is 5.